The third-order valence-electron chi connectivity index (χ3n) is 11.7. The lowest BCUT2D eigenvalue weighted by Crippen LogP contribution is -2.09. The SMILES string of the molecule is Cc1cc(-n2c3ccc(N(c4ccccc4)c4ccccc4)cc3c3cc(N(c4ccccc4)c4ccccc4)ccc32)ccc1-c1nc(-c2ccccc2)nc(-c2ccccc2)n1. The van der Waals surface area contributed by atoms with Gasteiger partial charge in [0.2, 0.25) is 0 Å². The van der Waals surface area contributed by atoms with Crippen molar-refractivity contribution in [3.63, 3.8) is 0 Å². The molecule has 64 heavy (non-hydrogen) atoms. The van der Waals surface area contributed by atoms with Crippen molar-refractivity contribution in [3.8, 4) is 39.9 Å². The van der Waals surface area contributed by atoms with Crippen molar-refractivity contribution < 1.29 is 0 Å². The van der Waals surface area contributed by atoms with Crippen LogP contribution in [0.4, 0.5) is 34.1 Å². The lowest BCUT2D eigenvalue weighted by atomic mass is 10.1. The first-order valence-electron chi connectivity index (χ1n) is 21.5. The van der Waals surface area contributed by atoms with Crippen LogP contribution < -0.4 is 9.80 Å². The van der Waals surface area contributed by atoms with Crippen LogP contribution in [0.5, 0.6) is 0 Å². The van der Waals surface area contributed by atoms with Crippen LogP contribution in [-0.2, 0) is 0 Å². The Hall–Kier alpha value is -8.61. The summed E-state index contributed by atoms with van der Waals surface area (Å²) in [5.41, 5.74) is 13.7. The van der Waals surface area contributed by atoms with E-state index in [2.05, 4.69) is 197 Å². The van der Waals surface area contributed by atoms with E-state index in [-0.39, 0.29) is 0 Å². The minimum absolute atomic E-state index is 0.636. The Morgan fingerprint density at radius 3 is 1.06 bits per heavy atom. The summed E-state index contributed by atoms with van der Waals surface area (Å²) in [5, 5.41) is 2.29. The highest BCUT2D eigenvalue weighted by molar-refractivity contribution is 6.12. The number of hydrogen-bond donors (Lipinski definition) is 0. The van der Waals surface area contributed by atoms with Crippen molar-refractivity contribution >= 4 is 55.9 Å². The molecule has 0 unspecified atom stereocenters. The highest BCUT2D eigenvalue weighted by atomic mass is 15.2. The molecule has 9 aromatic carbocycles. The highest BCUT2D eigenvalue weighted by Gasteiger charge is 2.21. The van der Waals surface area contributed by atoms with Crippen molar-refractivity contribution in [1.82, 2.24) is 19.5 Å². The smallest absolute Gasteiger partial charge is 0.164 e. The second kappa shape index (κ2) is 16.7. The second-order valence-corrected chi connectivity index (χ2v) is 15.8. The van der Waals surface area contributed by atoms with Gasteiger partial charge in [-0.3, -0.25) is 0 Å². The molecule has 0 aliphatic rings. The topological polar surface area (TPSA) is 50.1 Å². The number of benzene rings is 9. The van der Waals surface area contributed by atoms with Crippen LogP contribution >= 0.6 is 0 Å². The molecule has 2 heterocycles. The van der Waals surface area contributed by atoms with E-state index < -0.39 is 0 Å². The normalized spacial score (nSPS) is 11.2. The lowest BCUT2D eigenvalue weighted by molar-refractivity contribution is 1.07. The van der Waals surface area contributed by atoms with E-state index in [1.54, 1.807) is 0 Å². The molecule has 0 saturated heterocycles. The van der Waals surface area contributed by atoms with Crippen molar-refractivity contribution in [3.05, 3.63) is 242 Å². The molecular weight excluding hydrogens is 781 g/mol. The van der Waals surface area contributed by atoms with Crippen molar-refractivity contribution in [1.29, 1.82) is 0 Å². The maximum atomic E-state index is 5.07. The van der Waals surface area contributed by atoms with Crippen LogP contribution in [0, 0.1) is 6.92 Å². The molecule has 11 rings (SSSR count). The standard InChI is InChI=1S/C58H42N6/c1-41-38-48(32-35-51(41)58-60-56(42-20-8-2-9-21-42)59-57(61-58)43-22-10-3-11-23-43)64-54-36-33-49(62(44-24-12-4-13-25-44)45-26-14-5-15-27-45)39-52(54)53-40-50(34-37-55(53)64)63(46-28-16-6-17-29-46)47-30-18-7-19-31-47/h2-40H,1H3. The molecule has 0 fully saturated rings. The zero-order chi connectivity index (χ0) is 42.8. The van der Waals surface area contributed by atoms with Crippen molar-refractivity contribution in [2.45, 2.75) is 6.92 Å². The second-order valence-electron chi connectivity index (χ2n) is 15.8. The van der Waals surface area contributed by atoms with E-state index in [9.17, 15) is 0 Å². The third kappa shape index (κ3) is 7.23. The first kappa shape index (κ1) is 38.3. The fraction of sp³-hybridized carbons (Fsp3) is 0.0172. The maximum Gasteiger partial charge on any atom is 0.164 e. The zero-order valence-corrected chi connectivity index (χ0v) is 35.2. The van der Waals surface area contributed by atoms with Gasteiger partial charge in [-0.05, 0) is 116 Å². The molecule has 6 heteroatoms. The predicted molar refractivity (Wildman–Crippen MR) is 265 cm³/mol. The van der Waals surface area contributed by atoms with E-state index in [1.165, 1.54) is 0 Å². The summed E-state index contributed by atoms with van der Waals surface area (Å²) in [7, 11) is 0. The molecule has 0 atom stereocenters. The molecule has 0 amide bonds. The Morgan fingerprint density at radius 1 is 0.328 bits per heavy atom. The summed E-state index contributed by atoms with van der Waals surface area (Å²) >= 11 is 0. The summed E-state index contributed by atoms with van der Waals surface area (Å²) in [6, 6.07) is 82.9. The van der Waals surface area contributed by atoms with Gasteiger partial charge < -0.3 is 14.4 Å². The van der Waals surface area contributed by atoms with E-state index >= 15 is 0 Å². The predicted octanol–water partition coefficient (Wildman–Crippen LogP) is 15.2. The van der Waals surface area contributed by atoms with Gasteiger partial charge in [-0.1, -0.05) is 133 Å². The number of aryl methyl sites for hydroxylation is 1. The summed E-state index contributed by atoms with van der Waals surface area (Å²) in [6.45, 7) is 2.15. The fourth-order valence-corrected chi connectivity index (χ4v) is 8.73. The van der Waals surface area contributed by atoms with Gasteiger partial charge in [0.1, 0.15) is 0 Å². The molecular formula is C58H42N6. The van der Waals surface area contributed by atoms with Gasteiger partial charge in [0.05, 0.1) is 11.0 Å². The molecule has 0 aliphatic heterocycles. The van der Waals surface area contributed by atoms with E-state index in [1.807, 2.05) is 60.7 Å². The first-order chi connectivity index (χ1) is 31.7. The van der Waals surface area contributed by atoms with Crippen LogP contribution in [0.2, 0.25) is 0 Å². The van der Waals surface area contributed by atoms with Gasteiger partial charge in [0.25, 0.3) is 0 Å². The van der Waals surface area contributed by atoms with Gasteiger partial charge in [0.15, 0.2) is 17.5 Å². The summed E-state index contributed by atoms with van der Waals surface area (Å²) in [5.74, 6) is 1.92. The van der Waals surface area contributed by atoms with Crippen LogP contribution in [0.15, 0.2) is 237 Å². The van der Waals surface area contributed by atoms with Gasteiger partial charge in [0, 0.05) is 67.3 Å². The van der Waals surface area contributed by atoms with Crippen LogP contribution in [0.1, 0.15) is 5.56 Å². The number of nitrogens with zero attached hydrogens (tertiary/aromatic N) is 6. The minimum atomic E-state index is 0.636. The molecule has 0 spiro atoms. The molecule has 0 aliphatic carbocycles. The lowest BCUT2D eigenvalue weighted by Gasteiger charge is -2.26. The van der Waals surface area contributed by atoms with Crippen molar-refractivity contribution in [2.24, 2.45) is 0 Å². The quantitative estimate of drug-likeness (QED) is 0.138. The Morgan fingerprint density at radius 2 is 0.688 bits per heavy atom. The monoisotopic (exact) mass is 822 g/mol. The van der Waals surface area contributed by atoms with E-state index in [4.69, 9.17) is 15.0 Å². The fourth-order valence-electron chi connectivity index (χ4n) is 8.73. The van der Waals surface area contributed by atoms with E-state index in [0.717, 1.165) is 83.9 Å². The van der Waals surface area contributed by atoms with Gasteiger partial charge in [-0.15, -0.1) is 0 Å². The summed E-state index contributed by atoms with van der Waals surface area (Å²) < 4.78 is 2.39. The summed E-state index contributed by atoms with van der Waals surface area (Å²) in [4.78, 5) is 19.7. The number of hydrogen-bond acceptors (Lipinski definition) is 5. The van der Waals surface area contributed by atoms with Crippen LogP contribution in [0.3, 0.4) is 0 Å². The summed E-state index contributed by atoms with van der Waals surface area (Å²) in [6.07, 6.45) is 0. The first-order valence-corrected chi connectivity index (χ1v) is 21.5. The zero-order valence-electron chi connectivity index (χ0n) is 35.2. The molecule has 0 N–H and O–H groups in total. The Balaban J connectivity index is 1.11. The Kier molecular flexibility index (Phi) is 9.99. The highest BCUT2D eigenvalue weighted by Crippen LogP contribution is 2.43. The average molecular weight is 823 g/mol. The van der Waals surface area contributed by atoms with Crippen LogP contribution in [-0.4, -0.2) is 19.5 Å². The van der Waals surface area contributed by atoms with E-state index in [0.29, 0.717) is 17.5 Å². The van der Waals surface area contributed by atoms with Gasteiger partial charge in [-0.2, -0.15) is 0 Å². The van der Waals surface area contributed by atoms with Crippen molar-refractivity contribution in [2.75, 3.05) is 9.80 Å². The largest absolute Gasteiger partial charge is 0.310 e. The maximum absolute atomic E-state index is 5.07. The molecule has 11 aromatic rings. The number of fused-ring (bicyclic) bond motifs is 3. The van der Waals surface area contributed by atoms with Gasteiger partial charge in [-0.25, -0.2) is 15.0 Å². The molecule has 304 valence electrons. The van der Waals surface area contributed by atoms with Crippen LogP contribution in [0.25, 0.3) is 61.7 Å². The third-order valence-corrected chi connectivity index (χ3v) is 11.7. The number of aromatic nitrogens is 4. The number of anilines is 6. The Bertz CT molecular complexity index is 3100. The van der Waals surface area contributed by atoms with Gasteiger partial charge >= 0.3 is 0 Å². The molecule has 6 nitrogen and oxygen atoms in total. The molecule has 2 aromatic heterocycles. The Labute approximate surface area is 372 Å². The molecule has 0 saturated carbocycles. The number of rotatable bonds is 10. The average Bonchev–Trinajstić information content (AvgIpc) is 3.69. The number of para-hydroxylation sites is 4. The molecule has 0 bridgehead atoms. The minimum Gasteiger partial charge on any atom is -0.310 e. The molecule has 0 radical (unpaired) electrons.